The van der Waals surface area contributed by atoms with Crippen molar-refractivity contribution in [3.63, 3.8) is 0 Å². The molecule has 0 fully saturated rings. The summed E-state index contributed by atoms with van der Waals surface area (Å²) in [6.07, 6.45) is 0. The van der Waals surface area contributed by atoms with Crippen LogP contribution in [0.1, 0.15) is 58.2 Å². The summed E-state index contributed by atoms with van der Waals surface area (Å²) in [5.41, 5.74) is 8.19. The molecule has 2 heterocycles. The van der Waals surface area contributed by atoms with Crippen molar-refractivity contribution in [3.05, 3.63) is 151 Å². The van der Waals surface area contributed by atoms with Crippen LogP contribution in [0.4, 0.5) is 11.4 Å². The van der Waals surface area contributed by atoms with E-state index in [2.05, 4.69) is 161 Å². The summed E-state index contributed by atoms with van der Waals surface area (Å²) in [6.45, 7) is 15.7. The maximum atomic E-state index is 5.05. The van der Waals surface area contributed by atoms with Gasteiger partial charge in [-0.1, -0.05) is 145 Å². The number of para-hydroxylation sites is 3. The molecule has 45 heavy (non-hydrogen) atoms. The van der Waals surface area contributed by atoms with Crippen molar-refractivity contribution in [3.8, 4) is 0 Å². The van der Waals surface area contributed by atoms with E-state index in [1.165, 1.54) is 21.9 Å². The fourth-order valence-electron chi connectivity index (χ4n) is 5.36. The molecule has 1 aliphatic heterocycles. The van der Waals surface area contributed by atoms with Gasteiger partial charge in [0.2, 0.25) is 0 Å². The molecule has 0 unspecified atom stereocenters. The second-order valence-corrected chi connectivity index (χ2v) is 13.4. The molecule has 1 radical (unpaired) electrons. The van der Waals surface area contributed by atoms with Crippen LogP contribution in [-0.2, 0) is 33.2 Å². The van der Waals surface area contributed by atoms with Crippen molar-refractivity contribution in [1.82, 2.24) is 4.98 Å². The largest absolute Gasteiger partial charge is 0.657 e. The first-order valence-corrected chi connectivity index (χ1v) is 15.3. The SMILES string of the molecule is CC(C)(C)c1cc(N2[CH-]N(c3ccccc3)C(c3ccccc3)=N2)cc(C(C)(C)C)c1.[Au].c1ccc2c(c1)[n-]c1ccccc12. The van der Waals surface area contributed by atoms with Crippen LogP contribution in [0.2, 0.25) is 0 Å². The van der Waals surface area contributed by atoms with Crippen LogP contribution >= 0.6 is 0 Å². The summed E-state index contributed by atoms with van der Waals surface area (Å²) in [6, 6.07) is 44.1. The van der Waals surface area contributed by atoms with Gasteiger partial charge in [0.05, 0.1) is 0 Å². The van der Waals surface area contributed by atoms with E-state index in [0.29, 0.717) is 0 Å². The maximum Gasteiger partial charge on any atom is 0.129 e. The third-order valence-electron chi connectivity index (χ3n) is 7.98. The van der Waals surface area contributed by atoms with Gasteiger partial charge in [-0.25, -0.2) is 0 Å². The van der Waals surface area contributed by atoms with Crippen LogP contribution in [0.5, 0.6) is 0 Å². The second kappa shape index (κ2) is 13.1. The van der Waals surface area contributed by atoms with E-state index in [4.69, 9.17) is 5.10 Å². The first-order chi connectivity index (χ1) is 21.1. The van der Waals surface area contributed by atoms with Gasteiger partial charge >= 0.3 is 0 Å². The molecular weight excluding hydrogens is 733 g/mol. The zero-order valence-electron chi connectivity index (χ0n) is 26.8. The van der Waals surface area contributed by atoms with Crippen LogP contribution in [0, 0.1) is 6.67 Å². The van der Waals surface area contributed by atoms with Gasteiger partial charge < -0.3 is 14.9 Å². The minimum atomic E-state index is 0. The molecule has 0 N–H and O–H groups in total. The van der Waals surface area contributed by atoms with Crippen molar-refractivity contribution in [2.45, 2.75) is 52.4 Å². The van der Waals surface area contributed by atoms with Gasteiger partial charge in [-0.15, -0.1) is 17.7 Å². The first-order valence-electron chi connectivity index (χ1n) is 15.3. The van der Waals surface area contributed by atoms with E-state index in [0.717, 1.165) is 33.8 Å². The van der Waals surface area contributed by atoms with Crippen molar-refractivity contribution in [2.24, 2.45) is 5.10 Å². The van der Waals surface area contributed by atoms with Gasteiger partial charge in [-0.05, 0) is 57.0 Å². The van der Waals surface area contributed by atoms with Crippen molar-refractivity contribution < 1.29 is 22.4 Å². The van der Waals surface area contributed by atoms with Gasteiger partial charge in [0.15, 0.2) is 0 Å². The van der Waals surface area contributed by atoms with Crippen LogP contribution in [0.3, 0.4) is 0 Å². The first kappa shape index (κ1) is 32.3. The minimum absolute atomic E-state index is 0. The van der Waals surface area contributed by atoms with E-state index >= 15 is 0 Å². The minimum Gasteiger partial charge on any atom is -0.657 e. The number of amidine groups is 1. The molecule has 5 aromatic carbocycles. The number of rotatable bonds is 3. The number of hydrogen-bond donors (Lipinski definition) is 0. The average molecular weight is 774 g/mol. The Kier molecular flexibility index (Phi) is 9.41. The molecule has 6 aromatic rings. The normalized spacial score (nSPS) is 13.3. The Bertz CT molecular complexity index is 1830. The van der Waals surface area contributed by atoms with Gasteiger partial charge in [0.1, 0.15) is 5.84 Å². The topological polar surface area (TPSA) is 32.9 Å². The summed E-state index contributed by atoms with van der Waals surface area (Å²) < 4.78 is 0. The van der Waals surface area contributed by atoms with E-state index in [1.807, 2.05) is 29.3 Å². The fourth-order valence-corrected chi connectivity index (χ4v) is 5.36. The summed E-state index contributed by atoms with van der Waals surface area (Å²) >= 11 is 0. The molecule has 0 amide bonds. The standard InChI is InChI=1S/C28H32N3.C12H8N.Au/c1-27(2,3)22-17-23(28(4,5)6)19-25(18-22)31-20-30(24-15-11-8-12-16-24)26(29-31)21-13-9-7-10-14-21;1-3-7-11-9(5-1)10-6-2-4-8-12(10)13-11;/h7-20H,1-6H3;1-8H;/q2*-1;. The van der Waals surface area contributed by atoms with Gasteiger partial charge in [0, 0.05) is 39.3 Å². The van der Waals surface area contributed by atoms with Crippen molar-refractivity contribution in [2.75, 3.05) is 9.91 Å². The van der Waals surface area contributed by atoms with Gasteiger partial charge in [-0.2, -0.15) is 5.10 Å². The third-order valence-corrected chi connectivity index (χ3v) is 7.98. The fraction of sp³-hybridized carbons (Fsp3) is 0.200. The van der Waals surface area contributed by atoms with E-state index in [9.17, 15) is 0 Å². The Morgan fingerprint density at radius 1 is 0.556 bits per heavy atom. The Morgan fingerprint density at radius 2 is 1.02 bits per heavy atom. The molecule has 1 aliphatic rings. The predicted molar refractivity (Wildman–Crippen MR) is 187 cm³/mol. The van der Waals surface area contributed by atoms with Crippen LogP contribution in [0.15, 0.2) is 132 Å². The Balaban J connectivity index is 0.000000237. The molecule has 0 saturated heterocycles. The predicted octanol–water partition coefficient (Wildman–Crippen LogP) is 10.0. The monoisotopic (exact) mass is 773 g/mol. The maximum absolute atomic E-state index is 5.05. The summed E-state index contributed by atoms with van der Waals surface area (Å²) in [5.74, 6) is 0.922. The Hall–Kier alpha value is -4.09. The molecule has 7 rings (SSSR count). The number of fused-ring (bicyclic) bond motifs is 3. The van der Waals surface area contributed by atoms with Gasteiger partial charge in [0.25, 0.3) is 0 Å². The average Bonchev–Trinajstić information content (AvgIpc) is 3.64. The number of hydrogen-bond acceptors (Lipinski definition) is 3. The molecule has 1 aromatic heterocycles. The molecule has 0 spiro atoms. The molecule has 0 aliphatic carbocycles. The van der Waals surface area contributed by atoms with Crippen LogP contribution in [0.25, 0.3) is 21.8 Å². The molecule has 5 heteroatoms. The van der Waals surface area contributed by atoms with Crippen LogP contribution < -0.4 is 14.9 Å². The quantitative estimate of drug-likeness (QED) is 0.133. The molecule has 233 valence electrons. The van der Waals surface area contributed by atoms with E-state index in [-0.39, 0.29) is 33.2 Å². The summed E-state index contributed by atoms with van der Waals surface area (Å²) in [5, 5.41) is 9.56. The number of aromatic nitrogens is 1. The molecule has 0 atom stereocenters. The third kappa shape index (κ3) is 7.10. The molecular formula is C40H40AuN4-2. The molecule has 0 saturated carbocycles. The second-order valence-electron chi connectivity index (χ2n) is 13.4. The Labute approximate surface area is 283 Å². The smallest absolute Gasteiger partial charge is 0.129 e. The number of benzene rings is 5. The van der Waals surface area contributed by atoms with E-state index in [1.54, 1.807) is 0 Å². The number of anilines is 2. The molecule has 0 bridgehead atoms. The number of nitrogens with zero attached hydrogens (tertiary/aromatic N) is 4. The van der Waals surface area contributed by atoms with Gasteiger partial charge in [-0.3, -0.25) is 0 Å². The number of hydrazone groups is 1. The zero-order valence-corrected chi connectivity index (χ0v) is 29.0. The summed E-state index contributed by atoms with van der Waals surface area (Å²) in [7, 11) is 0. The van der Waals surface area contributed by atoms with Crippen LogP contribution in [-0.4, -0.2) is 5.84 Å². The van der Waals surface area contributed by atoms with E-state index < -0.39 is 0 Å². The summed E-state index contributed by atoms with van der Waals surface area (Å²) in [4.78, 5) is 6.68. The zero-order chi connectivity index (χ0) is 30.9. The Morgan fingerprint density at radius 3 is 1.53 bits per heavy atom. The van der Waals surface area contributed by atoms with Crippen molar-refractivity contribution in [1.29, 1.82) is 0 Å². The van der Waals surface area contributed by atoms with Crippen molar-refractivity contribution >= 4 is 39.0 Å². The molecule has 4 nitrogen and oxygen atoms in total.